The Bertz CT molecular complexity index is 403. The molecule has 3 nitrogen and oxygen atoms in total. The quantitative estimate of drug-likeness (QED) is 0.810. The largest absolute Gasteiger partial charge is 0.436 e. The summed E-state index contributed by atoms with van der Waals surface area (Å²) in [6.07, 6.45) is -3.40. The normalized spacial score (nSPS) is 11.5. The number of aromatic nitrogens is 1. The van der Waals surface area contributed by atoms with Crippen LogP contribution in [0.3, 0.4) is 0 Å². The molecule has 0 aliphatic rings. The second kappa shape index (κ2) is 4.46. The average Bonchev–Trinajstić information content (AvgIpc) is 2.14. The van der Waals surface area contributed by atoms with Crippen molar-refractivity contribution in [2.75, 3.05) is 0 Å². The molecule has 1 aromatic heterocycles. The summed E-state index contributed by atoms with van der Waals surface area (Å²) in [4.78, 5) is 13.3. The Morgan fingerprint density at radius 3 is 2.62 bits per heavy atom. The van der Waals surface area contributed by atoms with E-state index in [1.807, 2.05) is 0 Å². The van der Waals surface area contributed by atoms with E-state index in [4.69, 9.17) is 5.73 Å². The Morgan fingerprint density at radius 2 is 2.12 bits per heavy atom. The Balaban J connectivity index is 3.00. The minimum Gasteiger partial charge on any atom is -0.370 e. The van der Waals surface area contributed by atoms with Crippen LogP contribution in [0, 0.1) is 12.2 Å². The van der Waals surface area contributed by atoms with E-state index < -0.39 is 23.6 Å². The van der Waals surface area contributed by atoms with Gasteiger partial charge in [0.2, 0.25) is 5.91 Å². The molecule has 0 fully saturated rings. The number of nitrogens with zero attached hydrogens (tertiary/aromatic N) is 1. The van der Waals surface area contributed by atoms with Gasteiger partial charge in [-0.25, -0.2) is 9.37 Å². The first kappa shape index (κ1) is 12.4. The van der Waals surface area contributed by atoms with Crippen LogP contribution in [0.4, 0.5) is 17.6 Å². The Labute approximate surface area is 88.3 Å². The first-order valence-electron chi connectivity index (χ1n) is 4.15. The van der Waals surface area contributed by atoms with Crippen LogP contribution in [0.2, 0.25) is 0 Å². The zero-order chi connectivity index (χ0) is 12.3. The van der Waals surface area contributed by atoms with Crippen molar-refractivity contribution in [1.29, 1.82) is 0 Å². The van der Waals surface area contributed by atoms with Gasteiger partial charge in [0.1, 0.15) is 0 Å². The topological polar surface area (TPSA) is 56.0 Å². The summed E-state index contributed by atoms with van der Waals surface area (Å²) >= 11 is 0. The van der Waals surface area contributed by atoms with Crippen molar-refractivity contribution in [3.8, 4) is 0 Å². The molecule has 1 heterocycles. The minimum atomic E-state index is -4.86. The number of rotatable bonds is 3. The molecular formula is C9H7F4N2O. The van der Waals surface area contributed by atoms with Gasteiger partial charge in [0, 0.05) is 19.0 Å². The lowest BCUT2D eigenvalue weighted by atomic mass is 10.1. The number of carbonyl (C=O) groups excluding carboxylic acids is 1. The molecule has 2 N–H and O–H groups in total. The number of alkyl halides is 3. The van der Waals surface area contributed by atoms with E-state index in [2.05, 4.69) is 4.98 Å². The lowest BCUT2D eigenvalue weighted by Gasteiger charge is -2.09. The first-order valence-corrected chi connectivity index (χ1v) is 4.15. The van der Waals surface area contributed by atoms with Gasteiger partial charge >= 0.3 is 6.18 Å². The van der Waals surface area contributed by atoms with Crippen LogP contribution in [0.5, 0.6) is 0 Å². The standard InChI is InChI=1S/C9H7F4N2O/c10-7-5(1-2-6(14)16)3-4-15-8(7)9(11,12)13/h1,3-4H,2H2,(H2,14,16). The maximum atomic E-state index is 13.3. The fraction of sp³-hybridized carbons (Fsp3) is 0.222. The van der Waals surface area contributed by atoms with E-state index in [0.29, 0.717) is 0 Å². The molecular weight excluding hydrogens is 228 g/mol. The lowest BCUT2D eigenvalue weighted by Crippen LogP contribution is -2.14. The number of hydrogen-bond acceptors (Lipinski definition) is 2. The summed E-state index contributed by atoms with van der Waals surface area (Å²) in [5, 5.41) is 0. The zero-order valence-electron chi connectivity index (χ0n) is 7.88. The molecule has 0 aliphatic carbocycles. The molecule has 0 unspecified atom stereocenters. The van der Waals surface area contributed by atoms with Crippen molar-refractivity contribution < 1.29 is 22.4 Å². The van der Waals surface area contributed by atoms with Gasteiger partial charge in [-0.1, -0.05) is 0 Å². The SMILES string of the molecule is NC(=O)C[CH]c1ccnc(C(F)(F)F)c1F. The van der Waals surface area contributed by atoms with E-state index in [1.165, 1.54) is 0 Å². The predicted molar refractivity (Wildman–Crippen MR) is 46.4 cm³/mol. The first-order chi connectivity index (χ1) is 7.32. The van der Waals surface area contributed by atoms with Crippen LogP contribution in [0.15, 0.2) is 12.3 Å². The van der Waals surface area contributed by atoms with Crippen molar-refractivity contribution in [3.63, 3.8) is 0 Å². The smallest absolute Gasteiger partial charge is 0.370 e. The molecule has 16 heavy (non-hydrogen) atoms. The third-order valence-electron chi connectivity index (χ3n) is 1.71. The van der Waals surface area contributed by atoms with E-state index in [1.54, 1.807) is 0 Å². The fourth-order valence-corrected chi connectivity index (χ4v) is 1.02. The third-order valence-corrected chi connectivity index (χ3v) is 1.71. The second-order valence-electron chi connectivity index (χ2n) is 2.94. The molecule has 0 atom stereocenters. The van der Waals surface area contributed by atoms with Gasteiger partial charge in [-0.05, 0) is 11.6 Å². The molecule has 7 heteroatoms. The molecule has 0 spiro atoms. The predicted octanol–water partition coefficient (Wildman–Crippen LogP) is 1.67. The highest BCUT2D eigenvalue weighted by molar-refractivity contribution is 5.75. The van der Waals surface area contributed by atoms with Crippen molar-refractivity contribution in [2.45, 2.75) is 12.6 Å². The molecule has 0 saturated heterocycles. The summed E-state index contributed by atoms with van der Waals surface area (Å²) in [6.45, 7) is 0. The van der Waals surface area contributed by atoms with Gasteiger partial charge in [0.05, 0.1) is 0 Å². The Kier molecular flexibility index (Phi) is 3.46. The van der Waals surface area contributed by atoms with Crippen LogP contribution < -0.4 is 5.73 Å². The van der Waals surface area contributed by atoms with Crippen LogP contribution in [0.25, 0.3) is 0 Å². The van der Waals surface area contributed by atoms with E-state index >= 15 is 0 Å². The average molecular weight is 235 g/mol. The summed E-state index contributed by atoms with van der Waals surface area (Å²) in [6, 6.07) is 1.04. The highest BCUT2D eigenvalue weighted by Crippen LogP contribution is 2.30. The van der Waals surface area contributed by atoms with Crippen LogP contribution >= 0.6 is 0 Å². The lowest BCUT2D eigenvalue weighted by molar-refractivity contribution is -0.143. The van der Waals surface area contributed by atoms with Crippen molar-refractivity contribution in [3.05, 3.63) is 35.8 Å². The number of primary amides is 1. The van der Waals surface area contributed by atoms with E-state index in [0.717, 1.165) is 18.7 Å². The number of amides is 1. The third kappa shape index (κ3) is 2.91. The molecule has 1 aromatic rings. The second-order valence-corrected chi connectivity index (χ2v) is 2.94. The number of halogens is 4. The van der Waals surface area contributed by atoms with Crippen molar-refractivity contribution in [1.82, 2.24) is 4.98 Å². The molecule has 0 aromatic carbocycles. The number of pyridine rings is 1. The van der Waals surface area contributed by atoms with Gasteiger partial charge in [-0.15, -0.1) is 0 Å². The minimum absolute atomic E-state index is 0.335. The highest BCUT2D eigenvalue weighted by Gasteiger charge is 2.36. The summed E-state index contributed by atoms with van der Waals surface area (Å²) in [5.41, 5.74) is 2.83. The zero-order valence-corrected chi connectivity index (χ0v) is 7.88. The van der Waals surface area contributed by atoms with Gasteiger partial charge in [-0.2, -0.15) is 13.2 Å². The van der Waals surface area contributed by atoms with Gasteiger partial charge < -0.3 is 5.73 Å². The summed E-state index contributed by atoms with van der Waals surface area (Å²) < 4.78 is 49.9. The molecule has 1 amide bonds. The monoisotopic (exact) mass is 235 g/mol. The molecule has 87 valence electrons. The maximum absolute atomic E-state index is 13.3. The fourth-order valence-electron chi connectivity index (χ4n) is 1.02. The maximum Gasteiger partial charge on any atom is 0.436 e. The number of nitrogens with two attached hydrogens (primary N) is 1. The highest BCUT2D eigenvalue weighted by atomic mass is 19.4. The Hall–Kier alpha value is -1.66. The molecule has 0 bridgehead atoms. The Morgan fingerprint density at radius 1 is 1.50 bits per heavy atom. The van der Waals surface area contributed by atoms with Crippen LogP contribution in [-0.4, -0.2) is 10.9 Å². The summed E-state index contributed by atoms with van der Waals surface area (Å²) in [5.74, 6) is -2.26. The molecule has 0 aliphatic heterocycles. The van der Waals surface area contributed by atoms with Gasteiger partial charge in [0.25, 0.3) is 0 Å². The molecule has 0 saturated carbocycles. The van der Waals surface area contributed by atoms with Gasteiger partial charge in [-0.3, -0.25) is 4.79 Å². The van der Waals surface area contributed by atoms with Crippen LogP contribution in [0.1, 0.15) is 17.7 Å². The van der Waals surface area contributed by atoms with Crippen molar-refractivity contribution >= 4 is 5.91 Å². The summed E-state index contributed by atoms with van der Waals surface area (Å²) in [7, 11) is 0. The van der Waals surface area contributed by atoms with Crippen LogP contribution in [-0.2, 0) is 11.0 Å². The molecule has 1 rings (SSSR count). The van der Waals surface area contributed by atoms with E-state index in [-0.39, 0.29) is 12.0 Å². The van der Waals surface area contributed by atoms with Crippen molar-refractivity contribution in [2.24, 2.45) is 5.73 Å². The van der Waals surface area contributed by atoms with Gasteiger partial charge in [0.15, 0.2) is 11.5 Å². The van der Waals surface area contributed by atoms with E-state index in [9.17, 15) is 22.4 Å². The molecule has 1 radical (unpaired) electrons. The number of carbonyl (C=O) groups is 1. The number of hydrogen-bond donors (Lipinski definition) is 1.